The van der Waals surface area contributed by atoms with Crippen LogP contribution >= 0.6 is 0 Å². The van der Waals surface area contributed by atoms with E-state index in [9.17, 15) is 9.59 Å². The molecule has 124 valence electrons. The summed E-state index contributed by atoms with van der Waals surface area (Å²) in [6.45, 7) is 3.24. The summed E-state index contributed by atoms with van der Waals surface area (Å²) in [7, 11) is 0. The standard InChI is InChI=1S/C19H20N2O3/c1-13-7-8-20-11-17(13)18(22)21-9-3-6-16(12-21)14-4-2-5-15(10-14)19(23)24/h2,4-5,7-8,10-11,16H,3,6,9,12H2,1H3,(H,23,24). The molecule has 0 saturated carbocycles. The zero-order chi connectivity index (χ0) is 17.1. The van der Waals surface area contributed by atoms with Crippen molar-refractivity contribution in [1.82, 2.24) is 9.88 Å². The van der Waals surface area contributed by atoms with Crippen LogP contribution in [-0.2, 0) is 0 Å². The molecule has 1 fully saturated rings. The maximum Gasteiger partial charge on any atom is 0.335 e. The Bertz CT molecular complexity index is 773. The Kier molecular flexibility index (Phi) is 4.60. The highest BCUT2D eigenvalue weighted by Crippen LogP contribution is 2.28. The van der Waals surface area contributed by atoms with Crippen LogP contribution < -0.4 is 0 Å². The smallest absolute Gasteiger partial charge is 0.335 e. The zero-order valence-electron chi connectivity index (χ0n) is 13.6. The molecular weight excluding hydrogens is 304 g/mol. The van der Waals surface area contributed by atoms with Crippen molar-refractivity contribution in [3.63, 3.8) is 0 Å². The molecule has 1 saturated heterocycles. The Morgan fingerprint density at radius 1 is 1.29 bits per heavy atom. The third kappa shape index (κ3) is 3.30. The van der Waals surface area contributed by atoms with Crippen LogP contribution in [0.5, 0.6) is 0 Å². The Labute approximate surface area is 140 Å². The molecule has 2 heterocycles. The van der Waals surface area contributed by atoms with E-state index in [2.05, 4.69) is 4.98 Å². The second-order valence-corrected chi connectivity index (χ2v) is 6.21. The summed E-state index contributed by atoms with van der Waals surface area (Å²) >= 11 is 0. The molecule has 0 radical (unpaired) electrons. The number of hydrogen-bond donors (Lipinski definition) is 1. The molecule has 1 aliphatic rings. The number of hydrogen-bond acceptors (Lipinski definition) is 3. The van der Waals surface area contributed by atoms with E-state index in [0.717, 1.165) is 30.5 Å². The summed E-state index contributed by atoms with van der Waals surface area (Å²) in [5.41, 5.74) is 2.83. The first-order valence-corrected chi connectivity index (χ1v) is 8.09. The lowest BCUT2D eigenvalue weighted by atomic mass is 9.89. The molecule has 1 aromatic carbocycles. The van der Waals surface area contributed by atoms with Gasteiger partial charge < -0.3 is 10.0 Å². The van der Waals surface area contributed by atoms with Crippen molar-refractivity contribution in [2.75, 3.05) is 13.1 Å². The average Bonchev–Trinajstić information content (AvgIpc) is 2.62. The minimum absolute atomic E-state index is 0.000288. The summed E-state index contributed by atoms with van der Waals surface area (Å²) < 4.78 is 0. The minimum Gasteiger partial charge on any atom is -0.478 e. The molecule has 1 amide bonds. The zero-order valence-corrected chi connectivity index (χ0v) is 13.6. The van der Waals surface area contributed by atoms with Gasteiger partial charge >= 0.3 is 5.97 Å². The number of aromatic nitrogens is 1. The fraction of sp³-hybridized carbons (Fsp3) is 0.316. The number of carboxylic acids is 1. The number of pyridine rings is 1. The normalized spacial score (nSPS) is 17.5. The van der Waals surface area contributed by atoms with Crippen molar-refractivity contribution in [3.8, 4) is 0 Å². The molecule has 5 nitrogen and oxygen atoms in total. The van der Waals surface area contributed by atoms with E-state index in [1.54, 1.807) is 30.6 Å². The number of amides is 1. The highest BCUT2D eigenvalue weighted by molar-refractivity contribution is 5.95. The van der Waals surface area contributed by atoms with E-state index in [4.69, 9.17) is 5.11 Å². The first-order valence-electron chi connectivity index (χ1n) is 8.09. The summed E-state index contributed by atoms with van der Waals surface area (Å²) in [4.78, 5) is 29.8. The van der Waals surface area contributed by atoms with Gasteiger partial charge in [-0.2, -0.15) is 0 Å². The second-order valence-electron chi connectivity index (χ2n) is 6.21. The molecule has 5 heteroatoms. The Morgan fingerprint density at radius 2 is 2.12 bits per heavy atom. The van der Waals surface area contributed by atoms with Gasteiger partial charge in [0, 0.05) is 31.4 Å². The highest BCUT2D eigenvalue weighted by Gasteiger charge is 2.26. The van der Waals surface area contributed by atoms with Gasteiger partial charge in [0.15, 0.2) is 0 Å². The predicted octanol–water partition coefficient (Wildman–Crippen LogP) is 3.11. The maximum absolute atomic E-state index is 12.8. The van der Waals surface area contributed by atoms with Gasteiger partial charge in [0.05, 0.1) is 11.1 Å². The predicted molar refractivity (Wildman–Crippen MR) is 90.3 cm³/mol. The van der Waals surface area contributed by atoms with Gasteiger partial charge in [-0.1, -0.05) is 12.1 Å². The number of piperidine rings is 1. The molecule has 1 unspecified atom stereocenters. The Morgan fingerprint density at radius 3 is 2.88 bits per heavy atom. The topological polar surface area (TPSA) is 70.5 Å². The minimum atomic E-state index is -0.924. The van der Waals surface area contributed by atoms with Crippen LogP contribution in [0.4, 0.5) is 0 Å². The van der Waals surface area contributed by atoms with Gasteiger partial charge in [-0.15, -0.1) is 0 Å². The van der Waals surface area contributed by atoms with Crippen molar-refractivity contribution in [3.05, 3.63) is 65.0 Å². The van der Waals surface area contributed by atoms with Gasteiger partial charge in [-0.25, -0.2) is 4.79 Å². The van der Waals surface area contributed by atoms with Gasteiger partial charge in [-0.05, 0) is 49.1 Å². The molecule has 3 rings (SSSR count). The lowest BCUT2D eigenvalue weighted by Crippen LogP contribution is -2.39. The number of aromatic carboxylic acids is 1. The van der Waals surface area contributed by atoms with Crippen molar-refractivity contribution in [1.29, 1.82) is 0 Å². The van der Waals surface area contributed by atoms with Crippen LogP contribution in [0.25, 0.3) is 0 Å². The van der Waals surface area contributed by atoms with Crippen LogP contribution in [0.2, 0.25) is 0 Å². The van der Waals surface area contributed by atoms with E-state index in [1.807, 2.05) is 24.0 Å². The molecule has 0 aliphatic carbocycles. The monoisotopic (exact) mass is 324 g/mol. The number of rotatable bonds is 3. The van der Waals surface area contributed by atoms with E-state index in [1.165, 1.54) is 0 Å². The van der Waals surface area contributed by atoms with E-state index >= 15 is 0 Å². The molecule has 24 heavy (non-hydrogen) atoms. The number of benzene rings is 1. The molecule has 2 aromatic rings. The van der Waals surface area contributed by atoms with Crippen LogP contribution in [-0.4, -0.2) is 40.0 Å². The number of carboxylic acid groups (broad SMARTS) is 1. The number of carbonyl (C=O) groups excluding carboxylic acids is 1. The Balaban J connectivity index is 1.80. The second kappa shape index (κ2) is 6.83. The molecule has 0 bridgehead atoms. The van der Waals surface area contributed by atoms with Gasteiger partial charge in [0.2, 0.25) is 0 Å². The van der Waals surface area contributed by atoms with Crippen molar-refractivity contribution >= 4 is 11.9 Å². The molecule has 1 N–H and O–H groups in total. The third-order valence-electron chi connectivity index (χ3n) is 4.58. The first-order chi connectivity index (χ1) is 11.6. The number of carbonyl (C=O) groups is 2. The van der Waals surface area contributed by atoms with Crippen molar-refractivity contribution in [2.24, 2.45) is 0 Å². The van der Waals surface area contributed by atoms with Gasteiger partial charge in [0.1, 0.15) is 0 Å². The largest absolute Gasteiger partial charge is 0.478 e. The summed E-state index contributed by atoms with van der Waals surface area (Å²) in [6, 6.07) is 8.86. The van der Waals surface area contributed by atoms with Crippen molar-refractivity contribution in [2.45, 2.75) is 25.7 Å². The third-order valence-corrected chi connectivity index (χ3v) is 4.58. The van der Waals surface area contributed by atoms with Gasteiger partial charge in [0.25, 0.3) is 5.91 Å². The highest BCUT2D eigenvalue weighted by atomic mass is 16.4. The molecule has 1 aliphatic heterocycles. The lowest BCUT2D eigenvalue weighted by Gasteiger charge is -2.33. The maximum atomic E-state index is 12.8. The van der Waals surface area contributed by atoms with Crippen LogP contribution in [0.1, 0.15) is 50.6 Å². The molecule has 0 spiro atoms. The number of aryl methyl sites for hydroxylation is 1. The van der Waals surface area contributed by atoms with Crippen molar-refractivity contribution < 1.29 is 14.7 Å². The van der Waals surface area contributed by atoms with E-state index < -0.39 is 5.97 Å². The number of nitrogens with zero attached hydrogens (tertiary/aromatic N) is 2. The average molecular weight is 324 g/mol. The molecular formula is C19H20N2O3. The van der Waals surface area contributed by atoms with Gasteiger partial charge in [-0.3, -0.25) is 9.78 Å². The first kappa shape index (κ1) is 16.2. The molecule has 1 aromatic heterocycles. The Hall–Kier alpha value is -2.69. The molecule has 1 atom stereocenters. The SMILES string of the molecule is Cc1ccncc1C(=O)N1CCCC(c2cccc(C(=O)O)c2)C1. The summed E-state index contributed by atoms with van der Waals surface area (Å²) in [5, 5.41) is 9.16. The lowest BCUT2D eigenvalue weighted by molar-refractivity contribution is 0.0687. The van der Waals surface area contributed by atoms with Crippen LogP contribution in [0.3, 0.4) is 0 Å². The van der Waals surface area contributed by atoms with Crippen LogP contribution in [0.15, 0.2) is 42.7 Å². The van der Waals surface area contributed by atoms with Crippen LogP contribution in [0, 0.1) is 6.92 Å². The summed E-state index contributed by atoms with van der Waals surface area (Å²) in [6.07, 6.45) is 5.17. The van der Waals surface area contributed by atoms with E-state index in [-0.39, 0.29) is 11.8 Å². The quantitative estimate of drug-likeness (QED) is 0.942. The fourth-order valence-corrected chi connectivity index (χ4v) is 3.22. The summed E-state index contributed by atoms with van der Waals surface area (Å²) in [5.74, 6) is -0.759. The van der Waals surface area contributed by atoms with E-state index in [0.29, 0.717) is 17.7 Å². The fourth-order valence-electron chi connectivity index (χ4n) is 3.22. The number of likely N-dealkylation sites (tertiary alicyclic amines) is 1.